The lowest BCUT2D eigenvalue weighted by atomic mass is 9.99. The summed E-state index contributed by atoms with van der Waals surface area (Å²) in [5.41, 5.74) is 7.98. The number of rotatable bonds is 6. The van der Waals surface area contributed by atoms with Crippen molar-refractivity contribution in [2.45, 2.75) is 38.0 Å². The zero-order valence-electron chi connectivity index (χ0n) is 20.3. The molecule has 1 N–H and O–H groups in total. The van der Waals surface area contributed by atoms with Gasteiger partial charge in [-0.3, -0.25) is 4.79 Å². The van der Waals surface area contributed by atoms with Gasteiger partial charge in [0.25, 0.3) is 0 Å². The standard InChI is InChI=1S/C30H27N3OS/c1-19-13-15-24(16-14-19)27-17-25(23-11-6-5-7-12-23)26(18-31)30(32-27)35-22(4)29(34)33-28-20(2)9-8-10-21(28)3/h5-17,22H,1-4H3,(H,33,34)/t22-/m1/s1. The highest BCUT2D eigenvalue weighted by Crippen LogP contribution is 2.36. The molecule has 0 spiro atoms. The van der Waals surface area contributed by atoms with E-state index < -0.39 is 5.25 Å². The average Bonchev–Trinajstić information content (AvgIpc) is 2.86. The number of hydrogen-bond acceptors (Lipinski definition) is 4. The molecule has 4 nitrogen and oxygen atoms in total. The summed E-state index contributed by atoms with van der Waals surface area (Å²) < 4.78 is 0. The topological polar surface area (TPSA) is 65.8 Å². The van der Waals surface area contributed by atoms with Crippen LogP contribution in [0.4, 0.5) is 5.69 Å². The van der Waals surface area contributed by atoms with Crippen LogP contribution in [0.5, 0.6) is 0 Å². The Bertz CT molecular complexity index is 1390. The number of amides is 1. The van der Waals surface area contributed by atoms with Crippen LogP contribution in [0.3, 0.4) is 0 Å². The molecular weight excluding hydrogens is 450 g/mol. The first-order chi connectivity index (χ1) is 16.9. The molecule has 1 atom stereocenters. The molecular formula is C30H27N3OS. The van der Waals surface area contributed by atoms with Gasteiger partial charge in [-0.2, -0.15) is 5.26 Å². The van der Waals surface area contributed by atoms with Crippen LogP contribution in [0.1, 0.15) is 29.2 Å². The van der Waals surface area contributed by atoms with E-state index in [4.69, 9.17) is 4.98 Å². The van der Waals surface area contributed by atoms with Crippen LogP contribution >= 0.6 is 11.8 Å². The van der Waals surface area contributed by atoms with Gasteiger partial charge in [-0.1, -0.05) is 90.1 Å². The molecule has 0 aliphatic carbocycles. The molecule has 0 aliphatic heterocycles. The van der Waals surface area contributed by atoms with Gasteiger partial charge in [0.05, 0.1) is 16.5 Å². The summed E-state index contributed by atoms with van der Waals surface area (Å²) in [5.74, 6) is -0.125. The third kappa shape index (κ3) is 5.45. The number of carbonyl (C=O) groups excluding carboxylic acids is 1. The Labute approximate surface area is 211 Å². The predicted molar refractivity (Wildman–Crippen MR) is 144 cm³/mol. The number of carbonyl (C=O) groups is 1. The van der Waals surface area contributed by atoms with E-state index in [2.05, 4.69) is 11.4 Å². The van der Waals surface area contributed by atoms with Gasteiger partial charge in [-0.25, -0.2) is 4.98 Å². The van der Waals surface area contributed by atoms with E-state index in [1.807, 2.05) is 107 Å². The Kier molecular flexibility index (Phi) is 7.33. The van der Waals surface area contributed by atoms with Gasteiger partial charge in [-0.15, -0.1) is 0 Å². The molecule has 1 aromatic heterocycles. The minimum atomic E-state index is -0.453. The van der Waals surface area contributed by atoms with Crippen LogP contribution in [0.25, 0.3) is 22.4 Å². The van der Waals surface area contributed by atoms with E-state index in [1.54, 1.807) is 0 Å². The number of hydrogen-bond donors (Lipinski definition) is 1. The molecule has 1 amide bonds. The molecule has 0 aliphatic rings. The minimum Gasteiger partial charge on any atom is -0.325 e. The van der Waals surface area contributed by atoms with Gasteiger partial charge in [0.2, 0.25) is 5.91 Å². The average molecular weight is 478 g/mol. The highest BCUT2D eigenvalue weighted by Gasteiger charge is 2.22. The smallest absolute Gasteiger partial charge is 0.237 e. The molecule has 0 saturated heterocycles. The lowest BCUT2D eigenvalue weighted by Gasteiger charge is -2.17. The van der Waals surface area contributed by atoms with Gasteiger partial charge in [0.15, 0.2) is 0 Å². The van der Waals surface area contributed by atoms with Crippen molar-refractivity contribution in [1.29, 1.82) is 5.26 Å². The Morgan fingerprint density at radius 2 is 1.57 bits per heavy atom. The number of aromatic nitrogens is 1. The number of para-hydroxylation sites is 1. The van der Waals surface area contributed by atoms with Crippen LogP contribution in [0.2, 0.25) is 0 Å². The molecule has 0 saturated carbocycles. The third-order valence-electron chi connectivity index (χ3n) is 5.92. The lowest BCUT2D eigenvalue weighted by Crippen LogP contribution is -2.23. The second-order valence-corrected chi connectivity index (χ2v) is 9.92. The zero-order valence-corrected chi connectivity index (χ0v) is 21.1. The third-order valence-corrected chi connectivity index (χ3v) is 7.00. The Morgan fingerprint density at radius 3 is 2.20 bits per heavy atom. The molecule has 0 fully saturated rings. The fraction of sp³-hybridized carbons (Fsp3) is 0.167. The Hall–Kier alpha value is -3.88. The van der Waals surface area contributed by atoms with Gasteiger partial charge in [0.1, 0.15) is 11.1 Å². The van der Waals surface area contributed by atoms with Crippen molar-refractivity contribution in [2.75, 3.05) is 5.32 Å². The summed E-state index contributed by atoms with van der Waals surface area (Å²) in [7, 11) is 0. The largest absolute Gasteiger partial charge is 0.325 e. The number of thioether (sulfide) groups is 1. The molecule has 4 aromatic rings. The van der Waals surface area contributed by atoms with E-state index in [-0.39, 0.29) is 5.91 Å². The first-order valence-corrected chi connectivity index (χ1v) is 12.4. The van der Waals surface area contributed by atoms with Crippen molar-refractivity contribution in [3.05, 3.63) is 101 Å². The van der Waals surface area contributed by atoms with E-state index in [1.165, 1.54) is 11.8 Å². The van der Waals surface area contributed by atoms with Gasteiger partial charge in [0, 0.05) is 16.8 Å². The number of benzene rings is 3. The number of nitrogens with one attached hydrogen (secondary N) is 1. The van der Waals surface area contributed by atoms with Crippen LogP contribution in [0, 0.1) is 32.1 Å². The second kappa shape index (κ2) is 10.6. The number of aryl methyl sites for hydroxylation is 3. The SMILES string of the molecule is Cc1ccc(-c2cc(-c3ccccc3)c(C#N)c(S[C@H](C)C(=O)Nc3c(C)cccc3C)n2)cc1. The first kappa shape index (κ1) is 24.3. The molecule has 0 unspecified atom stereocenters. The monoisotopic (exact) mass is 477 g/mol. The minimum absolute atomic E-state index is 0.125. The lowest BCUT2D eigenvalue weighted by molar-refractivity contribution is -0.115. The predicted octanol–water partition coefficient (Wildman–Crippen LogP) is 7.33. The number of pyridine rings is 1. The van der Waals surface area contributed by atoms with E-state index in [9.17, 15) is 10.1 Å². The highest BCUT2D eigenvalue weighted by atomic mass is 32.2. The number of anilines is 1. The summed E-state index contributed by atoms with van der Waals surface area (Å²) in [6, 6.07) is 28.2. The molecule has 1 heterocycles. The summed E-state index contributed by atoms with van der Waals surface area (Å²) in [5, 5.41) is 13.3. The fourth-order valence-corrected chi connectivity index (χ4v) is 4.82. The highest BCUT2D eigenvalue weighted by molar-refractivity contribution is 8.00. The van der Waals surface area contributed by atoms with Gasteiger partial charge >= 0.3 is 0 Å². The van der Waals surface area contributed by atoms with Crippen molar-refractivity contribution in [3.63, 3.8) is 0 Å². The molecule has 0 bridgehead atoms. The normalized spacial score (nSPS) is 11.5. The van der Waals surface area contributed by atoms with Crippen LogP contribution in [-0.4, -0.2) is 16.1 Å². The molecule has 174 valence electrons. The van der Waals surface area contributed by atoms with Crippen molar-refractivity contribution >= 4 is 23.4 Å². The fourth-order valence-electron chi connectivity index (χ4n) is 3.89. The number of nitrogens with zero attached hydrogens (tertiary/aromatic N) is 2. The maximum Gasteiger partial charge on any atom is 0.237 e. The van der Waals surface area contributed by atoms with Crippen LogP contribution in [0.15, 0.2) is 83.9 Å². The van der Waals surface area contributed by atoms with Gasteiger partial charge < -0.3 is 5.32 Å². The molecule has 3 aromatic carbocycles. The van der Waals surface area contributed by atoms with E-state index >= 15 is 0 Å². The molecule has 0 radical (unpaired) electrons. The maximum atomic E-state index is 13.1. The molecule has 35 heavy (non-hydrogen) atoms. The van der Waals surface area contributed by atoms with Crippen LogP contribution < -0.4 is 5.32 Å². The maximum absolute atomic E-state index is 13.1. The summed E-state index contributed by atoms with van der Waals surface area (Å²) in [6.07, 6.45) is 0. The quantitative estimate of drug-likeness (QED) is 0.295. The Morgan fingerprint density at radius 1 is 0.914 bits per heavy atom. The molecule has 5 heteroatoms. The number of nitriles is 1. The first-order valence-electron chi connectivity index (χ1n) is 11.5. The second-order valence-electron chi connectivity index (χ2n) is 8.60. The van der Waals surface area contributed by atoms with E-state index in [0.717, 1.165) is 44.8 Å². The van der Waals surface area contributed by atoms with Gasteiger partial charge in [-0.05, 0) is 50.5 Å². The van der Waals surface area contributed by atoms with Crippen molar-refractivity contribution < 1.29 is 4.79 Å². The summed E-state index contributed by atoms with van der Waals surface area (Å²) in [6.45, 7) is 7.85. The Balaban J connectivity index is 1.74. The van der Waals surface area contributed by atoms with Crippen molar-refractivity contribution in [1.82, 2.24) is 4.98 Å². The zero-order chi connectivity index (χ0) is 24.9. The van der Waals surface area contributed by atoms with Crippen LogP contribution in [-0.2, 0) is 4.79 Å². The summed E-state index contributed by atoms with van der Waals surface area (Å²) >= 11 is 1.31. The summed E-state index contributed by atoms with van der Waals surface area (Å²) in [4.78, 5) is 18.0. The van der Waals surface area contributed by atoms with Crippen molar-refractivity contribution in [2.24, 2.45) is 0 Å². The van der Waals surface area contributed by atoms with Crippen molar-refractivity contribution in [3.8, 4) is 28.5 Å². The molecule has 4 rings (SSSR count). The van der Waals surface area contributed by atoms with E-state index in [0.29, 0.717) is 10.6 Å².